The lowest BCUT2D eigenvalue weighted by Gasteiger charge is -2.39. The zero-order chi connectivity index (χ0) is 12.3. The Morgan fingerprint density at radius 1 is 1.53 bits per heavy atom. The second-order valence-corrected chi connectivity index (χ2v) is 4.49. The third-order valence-corrected chi connectivity index (χ3v) is 2.96. The quantitative estimate of drug-likeness (QED) is 0.834. The molecule has 17 heavy (non-hydrogen) atoms. The molecule has 0 spiro atoms. The van der Waals surface area contributed by atoms with Gasteiger partial charge in [-0.05, 0) is 6.42 Å². The molecule has 1 saturated heterocycles. The standard InChI is InChI=1S/C12H17N3O2/c1-2-3-10-5-11(14-8-13-10)15-6-9(7-15)4-12(16)17/h5,8-9H,2-4,6-7H2,1H3,(H,16,17). The summed E-state index contributed by atoms with van der Waals surface area (Å²) in [6, 6.07) is 2.00. The van der Waals surface area contributed by atoms with E-state index in [-0.39, 0.29) is 12.3 Å². The van der Waals surface area contributed by atoms with E-state index in [2.05, 4.69) is 21.8 Å². The summed E-state index contributed by atoms with van der Waals surface area (Å²) in [7, 11) is 0. The number of aromatic nitrogens is 2. The van der Waals surface area contributed by atoms with E-state index in [1.807, 2.05) is 6.07 Å². The highest BCUT2D eigenvalue weighted by atomic mass is 16.4. The van der Waals surface area contributed by atoms with Crippen LogP contribution in [0.4, 0.5) is 5.82 Å². The molecular weight excluding hydrogens is 218 g/mol. The molecule has 1 aliphatic rings. The Bertz CT molecular complexity index is 402. The van der Waals surface area contributed by atoms with E-state index in [1.54, 1.807) is 6.33 Å². The van der Waals surface area contributed by atoms with Crippen LogP contribution < -0.4 is 4.90 Å². The molecule has 0 amide bonds. The Balaban J connectivity index is 1.92. The van der Waals surface area contributed by atoms with Gasteiger partial charge in [-0.3, -0.25) is 4.79 Å². The Morgan fingerprint density at radius 2 is 2.29 bits per heavy atom. The number of carbonyl (C=O) groups is 1. The van der Waals surface area contributed by atoms with Crippen molar-refractivity contribution in [3.05, 3.63) is 18.1 Å². The predicted octanol–water partition coefficient (Wildman–Crippen LogP) is 1.34. The van der Waals surface area contributed by atoms with Gasteiger partial charge in [0.05, 0.1) is 6.42 Å². The third-order valence-electron chi connectivity index (χ3n) is 2.96. The first-order chi connectivity index (χ1) is 8.19. The van der Waals surface area contributed by atoms with E-state index in [0.717, 1.165) is 37.4 Å². The zero-order valence-electron chi connectivity index (χ0n) is 9.96. The van der Waals surface area contributed by atoms with Crippen molar-refractivity contribution in [3.8, 4) is 0 Å². The summed E-state index contributed by atoms with van der Waals surface area (Å²) < 4.78 is 0. The fourth-order valence-electron chi connectivity index (χ4n) is 2.08. The summed E-state index contributed by atoms with van der Waals surface area (Å²) in [5, 5.41) is 8.68. The minimum atomic E-state index is -0.719. The van der Waals surface area contributed by atoms with Gasteiger partial charge < -0.3 is 10.0 Å². The van der Waals surface area contributed by atoms with Gasteiger partial charge in [0, 0.05) is 30.8 Å². The summed E-state index contributed by atoms with van der Waals surface area (Å²) >= 11 is 0. The van der Waals surface area contributed by atoms with Gasteiger partial charge in [-0.25, -0.2) is 9.97 Å². The first kappa shape index (κ1) is 11.8. The lowest BCUT2D eigenvalue weighted by molar-refractivity contribution is -0.138. The van der Waals surface area contributed by atoms with Gasteiger partial charge in [0.2, 0.25) is 0 Å². The van der Waals surface area contributed by atoms with E-state index in [4.69, 9.17) is 5.11 Å². The molecule has 0 saturated carbocycles. The van der Waals surface area contributed by atoms with Crippen LogP contribution in [0.15, 0.2) is 12.4 Å². The number of anilines is 1. The van der Waals surface area contributed by atoms with Gasteiger partial charge in [-0.15, -0.1) is 0 Å². The number of aliphatic carboxylic acids is 1. The molecule has 0 aromatic carbocycles. The van der Waals surface area contributed by atoms with Crippen LogP contribution in [0.5, 0.6) is 0 Å². The average Bonchev–Trinajstić information content (AvgIpc) is 2.23. The van der Waals surface area contributed by atoms with Crippen LogP contribution in [0.1, 0.15) is 25.5 Å². The lowest BCUT2D eigenvalue weighted by Crippen LogP contribution is -2.48. The SMILES string of the molecule is CCCc1cc(N2CC(CC(=O)O)C2)ncn1. The van der Waals surface area contributed by atoms with Gasteiger partial charge in [0.25, 0.3) is 0 Å². The normalized spacial score (nSPS) is 15.7. The van der Waals surface area contributed by atoms with Crippen molar-refractivity contribution in [2.45, 2.75) is 26.2 Å². The molecule has 1 fully saturated rings. The van der Waals surface area contributed by atoms with Crippen LogP contribution in [0.3, 0.4) is 0 Å². The van der Waals surface area contributed by atoms with Crippen LogP contribution in [0.2, 0.25) is 0 Å². The highest BCUT2D eigenvalue weighted by Crippen LogP contribution is 2.24. The maximum absolute atomic E-state index is 10.5. The number of rotatable bonds is 5. The number of nitrogens with zero attached hydrogens (tertiary/aromatic N) is 3. The molecular formula is C12H17N3O2. The van der Waals surface area contributed by atoms with Crippen molar-refractivity contribution in [3.63, 3.8) is 0 Å². The van der Waals surface area contributed by atoms with E-state index >= 15 is 0 Å². The number of carboxylic acids is 1. The van der Waals surface area contributed by atoms with Crippen molar-refractivity contribution in [1.29, 1.82) is 0 Å². The molecule has 0 unspecified atom stereocenters. The van der Waals surface area contributed by atoms with Gasteiger partial charge in [0.15, 0.2) is 0 Å². The Kier molecular flexibility index (Phi) is 3.56. The summed E-state index contributed by atoms with van der Waals surface area (Å²) in [5.74, 6) is 0.464. The summed E-state index contributed by atoms with van der Waals surface area (Å²) in [5.41, 5.74) is 1.05. The minimum absolute atomic E-state index is 0.253. The van der Waals surface area contributed by atoms with Gasteiger partial charge in [0.1, 0.15) is 12.1 Å². The molecule has 0 aliphatic carbocycles. The molecule has 92 valence electrons. The number of carboxylic acid groups (broad SMARTS) is 1. The summed E-state index contributed by atoms with van der Waals surface area (Å²) in [6.45, 7) is 3.69. The van der Waals surface area contributed by atoms with E-state index < -0.39 is 5.97 Å². The van der Waals surface area contributed by atoms with Crippen LogP contribution >= 0.6 is 0 Å². The highest BCUT2D eigenvalue weighted by Gasteiger charge is 2.29. The zero-order valence-corrected chi connectivity index (χ0v) is 9.96. The van der Waals surface area contributed by atoms with E-state index in [9.17, 15) is 4.79 Å². The molecule has 5 nitrogen and oxygen atoms in total. The molecule has 2 heterocycles. The largest absolute Gasteiger partial charge is 0.481 e. The van der Waals surface area contributed by atoms with Crippen molar-refractivity contribution >= 4 is 11.8 Å². The molecule has 1 N–H and O–H groups in total. The lowest BCUT2D eigenvalue weighted by atomic mass is 9.96. The number of hydrogen-bond acceptors (Lipinski definition) is 4. The predicted molar refractivity (Wildman–Crippen MR) is 64.0 cm³/mol. The molecule has 5 heteroatoms. The van der Waals surface area contributed by atoms with E-state index in [1.165, 1.54) is 0 Å². The van der Waals surface area contributed by atoms with E-state index in [0.29, 0.717) is 0 Å². The maximum Gasteiger partial charge on any atom is 0.303 e. The highest BCUT2D eigenvalue weighted by molar-refractivity contribution is 5.67. The van der Waals surface area contributed by atoms with Crippen molar-refractivity contribution < 1.29 is 9.90 Å². The fourth-order valence-corrected chi connectivity index (χ4v) is 2.08. The summed E-state index contributed by atoms with van der Waals surface area (Å²) in [4.78, 5) is 21.1. The molecule has 0 atom stereocenters. The molecule has 2 rings (SSSR count). The van der Waals surface area contributed by atoms with Crippen LogP contribution in [-0.4, -0.2) is 34.1 Å². The monoisotopic (exact) mass is 235 g/mol. The van der Waals surface area contributed by atoms with Crippen LogP contribution in [-0.2, 0) is 11.2 Å². The minimum Gasteiger partial charge on any atom is -0.481 e. The smallest absolute Gasteiger partial charge is 0.303 e. The molecule has 1 aliphatic heterocycles. The van der Waals surface area contributed by atoms with Gasteiger partial charge in [-0.2, -0.15) is 0 Å². The van der Waals surface area contributed by atoms with Gasteiger partial charge in [-0.1, -0.05) is 13.3 Å². The first-order valence-electron chi connectivity index (χ1n) is 5.96. The number of aryl methyl sites for hydroxylation is 1. The first-order valence-corrected chi connectivity index (χ1v) is 5.96. The van der Waals surface area contributed by atoms with Crippen LogP contribution in [0.25, 0.3) is 0 Å². The Labute approximate surface area is 100 Å². The summed E-state index contributed by atoms with van der Waals surface area (Å²) in [6.07, 6.45) is 3.87. The second-order valence-electron chi connectivity index (χ2n) is 4.49. The molecule has 0 bridgehead atoms. The third kappa shape index (κ3) is 2.93. The number of hydrogen-bond donors (Lipinski definition) is 1. The molecule has 0 radical (unpaired) electrons. The fraction of sp³-hybridized carbons (Fsp3) is 0.583. The van der Waals surface area contributed by atoms with Crippen molar-refractivity contribution in [1.82, 2.24) is 9.97 Å². The topological polar surface area (TPSA) is 66.3 Å². The van der Waals surface area contributed by atoms with Gasteiger partial charge >= 0.3 is 5.97 Å². The average molecular weight is 235 g/mol. The Morgan fingerprint density at radius 3 is 2.94 bits per heavy atom. The van der Waals surface area contributed by atoms with Crippen molar-refractivity contribution in [2.24, 2.45) is 5.92 Å². The van der Waals surface area contributed by atoms with Crippen LogP contribution in [0, 0.1) is 5.92 Å². The molecule has 1 aromatic heterocycles. The Hall–Kier alpha value is -1.65. The molecule has 1 aromatic rings. The van der Waals surface area contributed by atoms with Crippen molar-refractivity contribution in [2.75, 3.05) is 18.0 Å². The second kappa shape index (κ2) is 5.12. The maximum atomic E-state index is 10.5.